The van der Waals surface area contributed by atoms with E-state index in [-0.39, 0.29) is 11.8 Å². The molecule has 0 spiro atoms. The summed E-state index contributed by atoms with van der Waals surface area (Å²) in [6.45, 7) is 6.34. The molecule has 2 aliphatic heterocycles. The number of carbonyl (C=O) groups excluding carboxylic acids is 2. The molecule has 6 nitrogen and oxygen atoms in total. The zero-order chi connectivity index (χ0) is 20.4. The molecule has 0 bridgehead atoms. The molecule has 0 radical (unpaired) electrons. The van der Waals surface area contributed by atoms with Crippen LogP contribution in [0, 0.1) is 0 Å². The molecular weight excluding hydrogens is 366 g/mol. The number of fused-ring (bicyclic) bond motifs is 1. The minimum atomic E-state index is 0.0517. The summed E-state index contributed by atoms with van der Waals surface area (Å²) in [6, 6.07) is 13.9. The molecule has 2 heterocycles. The first-order valence-electron chi connectivity index (χ1n) is 10.1. The van der Waals surface area contributed by atoms with Crippen LogP contribution in [0.4, 0.5) is 5.69 Å². The Hall–Kier alpha value is -2.86. The molecule has 29 heavy (non-hydrogen) atoms. The minimum Gasteiger partial charge on any atom is -0.497 e. The van der Waals surface area contributed by atoms with Gasteiger partial charge in [0, 0.05) is 57.4 Å². The van der Waals surface area contributed by atoms with E-state index >= 15 is 0 Å². The number of piperazine rings is 1. The van der Waals surface area contributed by atoms with Gasteiger partial charge < -0.3 is 14.5 Å². The Bertz CT molecular complexity index is 902. The molecule has 0 saturated carbocycles. The molecular formula is C23H27N3O3. The van der Waals surface area contributed by atoms with Crippen LogP contribution < -0.4 is 9.64 Å². The molecule has 1 saturated heterocycles. The molecule has 2 amide bonds. The Morgan fingerprint density at radius 2 is 1.69 bits per heavy atom. The standard InChI is InChI=1S/C23H27N3O3/c1-17(27)26-10-9-19-15-20(5-8-22(19)26)23(28)25-13-11-24(12-14-25)16-18-3-6-21(29-2)7-4-18/h3-8,15H,9-14,16H2,1-2H3. The van der Waals surface area contributed by atoms with Crippen LogP contribution in [0.5, 0.6) is 5.75 Å². The van der Waals surface area contributed by atoms with Crippen molar-refractivity contribution >= 4 is 17.5 Å². The summed E-state index contributed by atoms with van der Waals surface area (Å²) in [4.78, 5) is 30.8. The van der Waals surface area contributed by atoms with Crippen LogP contribution in [0.3, 0.4) is 0 Å². The van der Waals surface area contributed by atoms with Crippen LogP contribution in [0.15, 0.2) is 42.5 Å². The van der Waals surface area contributed by atoms with Crippen molar-refractivity contribution in [2.75, 3.05) is 44.7 Å². The lowest BCUT2D eigenvalue weighted by Gasteiger charge is -2.35. The SMILES string of the molecule is COc1ccc(CN2CCN(C(=O)c3ccc4c(c3)CCN4C(C)=O)CC2)cc1. The summed E-state index contributed by atoms with van der Waals surface area (Å²) in [5.74, 6) is 0.999. The predicted octanol–water partition coefficient (Wildman–Crippen LogP) is 2.56. The third-order valence-electron chi connectivity index (χ3n) is 5.83. The molecule has 2 aliphatic rings. The highest BCUT2D eigenvalue weighted by Gasteiger charge is 2.26. The predicted molar refractivity (Wildman–Crippen MR) is 112 cm³/mol. The maximum atomic E-state index is 13.0. The van der Waals surface area contributed by atoms with Gasteiger partial charge in [-0.2, -0.15) is 0 Å². The molecule has 2 aromatic rings. The minimum absolute atomic E-state index is 0.0517. The van der Waals surface area contributed by atoms with Gasteiger partial charge in [0.1, 0.15) is 5.75 Å². The molecule has 2 aromatic carbocycles. The zero-order valence-corrected chi connectivity index (χ0v) is 17.1. The van der Waals surface area contributed by atoms with Crippen molar-refractivity contribution in [2.24, 2.45) is 0 Å². The number of anilines is 1. The molecule has 0 N–H and O–H groups in total. The maximum Gasteiger partial charge on any atom is 0.253 e. The lowest BCUT2D eigenvalue weighted by atomic mass is 10.1. The second-order valence-corrected chi connectivity index (χ2v) is 7.68. The number of benzene rings is 2. The van der Waals surface area contributed by atoms with Crippen molar-refractivity contribution in [2.45, 2.75) is 19.9 Å². The lowest BCUT2D eigenvalue weighted by Crippen LogP contribution is -2.48. The van der Waals surface area contributed by atoms with Crippen LogP contribution in [0.25, 0.3) is 0 Å². The molecule has 0 aliphatic carbocycles. The number of rotatable bonds is 4. The highest BCUT2D eigenvalue weighted by Crippen LogP contribution is 2.29. The first-order chi connectivity index (χ1) is 14.0. The van der Waals surface area contributed by atoms with E-state index in [1.807, 2.05) is 35.2 Å². The van der Waals surface area contributed by atoms with Gasteiger partial charge in [-0.15, -0.1) is 0 Å². The second-order valence-electron chi connectivity index (χ2n) is 7.68. The van der Waals surface area contributed by atoms with Gasteiger partial charge >= 0.3 is 0 Å². The summed E-state index contributed by atoms with van der Waals surface area (Å²) in [7, 11) is 1.67. The maximum absolute atomic E-state index is 13.0. The monoisotopic (exact) mass is 393 g/mol. The topological polar surface area (TPSA) is 53.1 Å². The Kier molecular flexibility index (Phi) is 5.53. The average Bonchev–Trinajstić information content (AvgIpc) is 3.18. The van der Waals surface area contributed by atoms with E-state index < -0.39 is 0 Å². The molecule has 0 atom stereocenters. The Balaban J connectivity index is 1.35. The van der Waals surface area contributed by atoms with E-state index in [9.17, 15) is 9.59 Å². The Labute approximate surface area is 171 Å². The molecule has 0 aromatic heterocycles. The summed E-state index contributed by atoms with van der Waals surface area (Å²) in [6.07, 6.45) is 0.811. The van der Waals surface area contributed by atoms with Gasteiger partial charge in [-0.3, -0.25) is 14.5 Å². The highest BCUT2D eigenvalue weighted by molar-refractivity contribution is 5.98. The van der Waals surface area contributed by atoms with Crippen LogP contribution in [-0.4, -0.2) is 61.4 Å². The zero-order valence-electron chi connectivity index (χ0n) is 17.1. The fourth-order valence-corrected chi connectivity index (χ4v) is 4.14. The van der Waals surface area contributed by atoms with Gasteiger partial charge in [-0.05, 0) is 47.9 Å². The molecule has 4 rings (SSSR count). The average molecular weight is 393 g/mol. The molecule has 0 unspecified atom stereocenters. The lowest BCUT2D eigenvalue weighted by molar-refractivity contribution is -0.116. The van der Waals surface area contributed by atoms with E-state index in [1.54, 1.807) is 18.9 Å². The van der Waals surface area contributed by atoms with Gasteiger partial charge in [-0.25, -0.2) is 0 Å². The summed E-state index contributed by atoms with van der Waals surface area (Å²) < 4.78 is 5.21. The van der Waals surface area contributed by atoms with Crippen LogP contribution in [-0.2, 0) is 17.8 Å². The van der Waals surface area contributed by atoms with Crippen molar-refractivity contribution in [3.8, 4) is 5.75 Å². The number of amides is 2. The van der Waals surface area contributed by atoms with E-state index in [2.05, 4.69) is 17.0 Å². The van der Waals surface area contributed by atoms with Gasteiger partial charge in [0.2, 0.25) is 5.91 Å². The second kappa shape index (κ2) is 8.25. The highest BCUT2D eigenvalue weighted by atomic mass is 16.5. The van der Waals surface area contributed by atoms with Crippen LogP contribution in [0.1, 0.15) is 28.4 Å². The number of hydrogen-bond donors (Lipinski definition) is 0. The molecule has 152 valence electrons. The fourth-order valence-electron chi connectivity index (χ4n) is 4.14. The van der Waals surface area contributed by atoms with Crippen molar-refractivity contribution in [3.05, 3.63) is 59.2 Å². The molecule has 6 heteroatoms. The van der Waals surface area contributed by atoms with Gasteiger partial charge in [0.05, 0.1) is 7.11 Å². The Morgan fingerprint density at radius 3 is 2.34 bits per heavy atom. The first kappa shape index (κ1) is 19.5. The van der Waals surface area contributed by atoms with Crippen molar-refractivity contribution < 1.29 is 14.3 Å². The Morgan fingerprint density at radius 1 is 0.966 bits per heavy atom. The fraction of sp³-hybridized carbons (Fsp3) is 0.391. The van der Waals surface area contributed by atoms with Crippen LogP contribution >= 0.6 is 0 Å². The number of hydrogen-bond acceptors (Lipinski definition) is 4. The van der Waals surface area contributed by atoms with Crippen LogP contribution in [0.2, 0.25) is 0 Å². The van der Waals surface area contributed by atoms with Crippen molar-refractivity contribution in [1.82, 2.24) is 9.80 Å². The smallest absolute Gasteiger partial charge is 0.253 e. The summed E-state index contributed by atoms with van der Waals surface area (Å²) >= 11 is 0. The quantitative estimate of drug-likeness (QED) is 0.801. The van der Waals surface area contributed by atoms with E-state index in [4.69, 9.17) is 4.74 Å². The molecule has 1 fully saturated rings. The number of carbonyl (C=O) groups is 2. The van der Waals surface area contributed by atoms with Crippen molar-refractivity contribution in [3.63, 3.8) is 0 Å². The van der Waals surface area contributed by atoms with E-state index in [0.717, 1.165) is 61.7 Å². The largest absolute Gasteiger partial charge is 0.497 e. The van der Waals surface area contributed by atoms with Gasteiger partial charge in [0.25, 0.3) is 5.91 Å². The summed E-state index contributed by atoms with van der Waals surface area (Å²) in [5, 5.41) is 0. The van der Waals surface area contributed by atoms with E-state index in [0.29, 0.717) is 6.54 Å². The van der Waals surface area contributed by atoms with Gasteiger partial charge in [-0.1, -0.05) is 12.1 Å². The third kappa shape index (κ3) is 4.12. The first-order valence-corrected chi connectivity index (χ1v) is 10.1. The number of methoxy groups -OCH3 is 1. The summed E-state index contributed by atoms with van der Waals surface area (Å²) in [5.41, 5.74) is 4.00. The number of nitrogens with zero attached hydrogens (tertiary/aromatic N) is 3. The van der Waals surface area contributed by atoms with E-state index in [1.165, 1.54) is 5.56 Å². The normalized spacial score (nSPS) is 16.6. The van der Waals surface area contributed by atoms with Crippen molar-refractivity contribution in [1.29, 1.82) is 0 Å². The van der Waals surface area contributed by atoms with Gasteiger partial charge in [0.15, 0.2) is 0 Å². The third-order valence-corrected chi connectivity index (χ3v) is 5.83. The number of ether oxygens (including phenoxy) is 1.